The lowest BCUT2D eigenvalue weighted by Crippen LogP contribution is -2.17. The summed E-state index contributed by atoms with van der Waals surface area (Å²) in [6.07, 6.45) is -3.25. The van der Waals surface area contributed by atoms with Gasteiger partial charge in [0.05, 0.1) is 6.04 Å². The molecule has 0 aliphatic heterocycles. The van der Waals surface area contributed by atoms with Crippen LogP contribution >= 0.6 is 22.7 Å². The van der Waals surface area contributed by atoms with Gasteiger partial charge in [0, 0.05) is 23.0 Å². The second-order valence-electron chi connectivity index (χ2n) is 4.11. The van der Waals surface area contributed by atoms with Crippen molar-refractivity contribution in [1.82, 2.24) is 15.3 Å². The van der Waals surface area contributed by atoms with Crippen molar-refractivity contribution in [1.29, 1.82) is 0 Å². The zero-order valence-corrected chi connectivity index (χ0v) is 12.3. The summed E-state index contributed by atoms with van der Waals surface area (Å²) < 4.78 is 37.2. The minimum Gasteiger partial charge on any atom is -0.476 e. The van der Waals surface area contributed by atoms with Crippen LogP contribution in [0.2, 0.25) is 0 Å². The molecule has 0 spiro atoms. The molecule has 0 fully saturated rings. The van der Waals surface area contributed by atoms with Crippen LogP contribution in [-0.2, 0) is 12.7 Å². The quantitative estimate of drug-likeness (QED) is 0.876. The number of alkyl halides is 3. The third-order valence-electron chi connectivity index (χ3n) is 2.49. The molecule has 0 aliphatic carbocycles. The average Bonchev–Trinajstić information content (AvgIpc) is 3.04. The number of thiazole rings is 2. The molecule has 21 heavy (non-hydrogen) atoms. The van der Waals surface area contributed by atoms with E-state index in [0.717, 1.165) is 0 Å². The largest absolute Gasteiger partial charge is 0.476 e. The molecule has 114 valence electrons. The molecule has 2 aromatic rings. The maximum Gasteiger partial charge on any atom is 0.443 e. The molecule has 0 radical (unpaired) electrons. The van der Waals surface area contributed by atoms with Crippen LogP contribution in [0.4, 0.5) is 13.2 Å². The van der Waals surface area contributed by atoms with Gasteiger partial charge < -0.3 is 10.4 Å². The van der Waals surface area contributed by atoms with Crippen molar-refractivity contribution in [3.8, 4) is 0 Å². The van der Waals surface area contributed by atoms with Crippen LogP contribution in [0, 0.1) is 0 Å². The van der Waals surface area contributed by atoms with Gasteiger partial charge in [-0.05, 0) is 6.92 Å². The monoisotopic (exact) mass is 337 g/mol. The number of aromatic nitrogens is 2. The van der Waals surface area contributed by atoms with Gasteiger partial charge in [0.1, 0.15) is 5.01 Å². The number of carbonyl (C=O) groups is 1. The highest BCUT2D eigenvalue weighted by molar-refractivity contribution is 7.11. The fourth-order valence-electron chi connectivity index (χ4n) is 1.45. The molecule has 0 aliphatic rings. The molecule has 2 aromatic heterocycles. The molecule has 1 unspecified atom stereocenters. The minimum absolute atomic E-state index is 0.0409. The molecule has 0 aromatic carbocycles. The van der Waals surface area contributed by atoms with E-state index < -0.39 is 17.2 Å². The molecule has 1 atom stereocenters. The topological polar surface area (TPSA) is 75.1 Å². The first-order chi connectivity index (χ1) is 9.77. The number of rotatable bonds is 5. The Labute approximate surface area is 125 Å². The smallest absolute Gasteiger partial charge is 0.443 e. The summed E-state index contributed by atoms with van der Waals surface area (Å²) in [5.41, 5.74) is -0.0409. The first-order valence-corrected chi connectivity index (χ1v) is 7.41. The summed E-state index contributed by atoms with van der Waals surface area (Å²) in [4.78, 5) is 18.4. The van der Waals surface area contributed by atoms with Gasteiger partial charge in [-0.3, -0.25) is 0 Å². The van der Waals surface area contributed by atoms with Crippen LogP contribution in [0.15, 0.2) is 11.6 Å². The van der Waals surface area contributed by atoms with Gasteiger partial charge in [-0.25, -0.2) is 14.8 Å². The molecule has 2 N–H and O–H groups in total. The van der Waals surface area contributed by atoms with Gasteiger partial charge in [0.15, 0.2) is 10.7 Å². The van der Waals surface area contributed by atoms with E-state index in [4.69, 9.17) is 5.11 Å². The molecule has 0 saturated carbocycles. The standard InChI is InChI=1S/C11H10F3N3O2S2/c1-5(8-17-7(4-20-8)9(18)19)15-2-6-3-16-10(21-6)11(12,13)14/h3-5,15H,2H2,1H3,(H,18,19). The Balaban J connectivity index is 1.95. The first kappa shape index (κ1) is 15.9. The zero-order chi connectivity index (χ0) is 15.6. The second-order valence-corrected chi connectivity index (χ2v) is 6.11. The van der Waals surface area contributed by atoms with Crippen LogP contribution in [-0.4, -0.2) is 21.0 Å². The van der Waals surface area contributed by atoms with Gasteiger partial charge in [0.2, 0.25) is 0 Å². The van der Waals surface area contributed by atoms with Crippen molar-refractivity contribution in [2.24, 2.45) is 0 Å². The van der Waals surface area contributed by atoms with Crippen LogP contribution in [0.3, 0.4) is 0 Å². The van der Waals surface area contributed by atoms with Gasteiger partial charge in [-0.2, -0.15) is 13.2 Å². The number of halogens is 3. The van der Waals surface area contributed by atoms with Crippen molar-refractivity contribution in [3.63, 3.8) is 0 Å². The predicted molar refractivity (Wildman–Crippen MR) is 71.4 cm³/mol. The number of nitrogens with one attached hydrogen (secondary N) is 1. The molecule has 0 bridgehead atoms. The van der Waals surface area contributed by atoms with Crippen molar-refractivity contribution in [3.05, 3.63) is 32.2 Å². The summed E-state index contributed by atoms with van der Waals surface area (Å²) >= 11 is 1.76. The fourth-order valence-corrected chi connectivity index (χ4v) is 3.00. The summed E-state index contributed by atoms with van der Waals surface area (Å²) in [6, 6.07) is -0.264. The maximum atomic E-state index is 12.4. The molecular formula is C11H10F3N3O2S2. The van der Waals surface area contributed by atoms with E-state index in [9.17, 15) is 18.0 Å². The van der Waals surface area contributed by atoms with E-state index in [1.807, 2.05) is 0 Å². The number of hydrogen-bond donors (Lipinski definition) is 2. The van der Waals surface area contributed by atoms with E-state index in [-0.39, 0.29) is 18.3 Å². The molecule has 10 heteroatoms. The number of aromatic carboxylic acids is 1. The Morgan fingerprint density at radius 1 is 1.52 bits per heavy atom. The van der Waals surface area contributed by atoms with E-state index in [1.165, 1.54) is 22.9 Å². The molecular weight excluding hydrogens is 327 g/mol. The van der Waals surface area contributed by atoms with Crippen molar-refractivity contribution >= 4 is 28.6 Å². The summed E-state index contributed by atoms with van der Waals surface area (Å²) in [5.74, 6) is -1.11. The second kappa shape index (κ2) is 6.08. The molecule has 5 nitrogen and oxygen atoms in total. The zero-order valence-electron chi connectivity index (χ0n) is 10.6. The van der Waals surface area contributed by atoms with Crippen LogP contribution in [0.5, 0.6) is 0 Å². The lowest BCUT2D eigenvalue weighted by atomic mass is 10.3. The highest BCUT2D eigenvalue weighted by atomic mass is 32.1. The van der Waals surface area contributed by atoms with Gasteiger partial charge in [0.25, 0.3) is 0 Å². The van der Waals surface area contributed by atoms with Crippen molar-refractivity contribution in [2.45, 2.75) is 25.7 Å². The van der Waals surface area contributed by atoms with E-state index >= 15 is 0 Å². The van der Waals surface area contributed by atoms with Crippen molar-refractivity contribution in [2.75, 3.05) is 0 Å². The lowest BCUT2D eigenvalue weighted by Gasteiger charge is -2.09. The Morgan fingerprint density at radius 3 is 2.76 bits per heavy atom. The summed E-state index contributed by atoms with van der Waals surface area (Å²) in [5, 5.41) is 12.9. The van der Waals surface area contributed by atoms with E-state index in [2.05, 4.69) is 15.3 Å². The van der Waals surface area contributed by atoms with Crippen LogP contribution < -0.4 is 5.32 Å². The average molecular weight is 337 g/mol. The van der Waals surface area contributed by atoms with Gasteiger partial charge >= 0.3 is 12.1 Å². The SMILES string of the molecule is CC(NCc1cnc(C(F)(F)F)s1)c1nc(C(=O)O)cs1. The van der Waals surface area contributed by atoms with Crippen LogP contribution in [0.25, 0.3) is 0 Å². The van der Waals surface area contributed by atoms with Gasteiger partial charge in [-0.15, -0.1) is 22.7 Å². The highest BCUT2D eigenvalue weighted by Gasteiger charge is 2.34. The lowest BCUT2D eigenvalue weighted by molar-refractivity contribution is -0.137. The molecule has 2 heterocycles. The van der Waals surface area contributed by atoms with Crippen LogP contribution in [0.1, 0.15) is 38.3 Å². The number of carboxylic acid groups (broad SMARTS) is 1. The number of nitrogens with zero attached hydrogens (tertiary/aromatic N) is 2. The Hall–Kier alpha value is -1.52. The summed E-state index contributed by atoms with van der Waals surface area (Å²) in [6.45, 7) is 1.97. The van der Waals surface area contributed by atoms with E-state index in [0.29, 0.717) is 21.2 Å². The van der Waals surface area contributed by atoms with Crippen molar-refractivity contribution < 1.29 is 23.1 Å². The Kier molecular flexibility index (Phi) is 4.59. The molecule has 0 saturated heterocycles. The number of carboxylic acids is 1. The van der Waals surface area contributed by atoms with Gasteiger partial charge in [-0.1, -0.05) is 0 Å². The van der Waals surface area contributed by atoms with E-state index in [1.54, 1.807) is 6.92 Å². The molecule has 0 amide bonds. The summed E-state index contributed by atoms with van der Waals surface area (Å²) in [7, 11) is 0. The fraction of sp³-hybridized carbons (Fsp3) is 0.364. The predicted octanol–water partition coefficient (Wildman–Crippen LogP) is 3.17. The highest BCUT2D eigenvalue weighted by Crippen LogP contribution is 2.32. The minimum atomic E-state index is -4.43. The maximum absolute atomic E-state index is 12.4. The Morgan fingerprint density at radius 2 is 2.24 bits per heavy atom. The normalized spacial score (nSPS) is 13.3. The third kappa shape index (κ3) is 3.99. The third-order valence-corrected chi connectivity index (χ3v) is 4.56. The Bertz CT molecular complexity index is 639. The number of hydrogen-bond acceptors (Lipinski definition) is 6. The first-order valence-electron chi connectivity index (χ1n) is 5.71. The molecule has 2 rings (SSSR count).